The van der Waals surface area contributed by atoms with Crippen molar-refractivity contribution in [3.05, 3.63) is 29.8 Å². The zero-order valence-electron chi connectivity index (χ0n) is 15.1. The number of carbonyl (C=O) groups is 1. The first-order valence-corrected chi connectivity index (χ1v) is 9.47. The first-order valence-electron chi connectivity index (χ1n) is 9.47. The van der Waals surface area contributed by atoms with Gasteiger partial charge in [-0.1, -0.05) is 18.2 Å². The van der Waals surface area contributed by atoms with Gasteiger partial charge in [0.2, 0.25) is 5.91 Å². The molecular weight excluding hydrogens is 316 g/mol. The maximum Gasteiger partial charge on any atom is 0.222 e. The molecule has 2 atom stereocenters. The molecule has 3 heterocycles. The van der Waals surface area contributed by atoms with E-state index in [-0.39, 0.29) is 5.60 Å². The number of likely N-dealkylation sites (tertiary alicyclic amines) is 2. The van der Waals surface area contributed by atoms with Gasteiger partial charge in [-0.25, -0.2) is 0 Å². The molecule has 3 aliphatic rings. The second kappa shape index (κ2) is 6.96. The van der Waals surface area contributed by atoms with Crippen molar-refractivity contribution in [3.8, 4) is 5.75 Å². The van der Waals surface area contributed by atoms with Crippen LogP contribution in [-0.4, -0.2) is 60.7 Å². The van der Waals surface area contributed by atoms with Crippen molar-refractivity contribution in [1.82, 2.24) is 9.80 Å². The molecule has 4 rings (SSSR count). The molecule has 1 aromatic rings. The molecule has 3 aliphatic heterocycles. The molecule has 3 saturated heterocycles. The van der Waals surface area contributed by atoms with Crippen LogP contribution in [0.25, 0.3) is 0 Å². The highest BCUT2D eigenvalue weighted by Crippen LogP contribution is 2.38. The SMILES string of the molecule is COc1ccccc1CN1CC[C@]2(C[C@@H](N3CCCC3=O)CCO2)C1. The van der Waals surface area contributed by atoms with Gasteiger partial charge in [-0.15, -0.1) is 0 Å². The van der Waals surface area contributed by atoms with Crippen molar-refractivity contribution in [1.29, 1.82) is 0 Å². The van der Waals surface area contributed by atoms with E-state index < -0.39 is 0 Å². The normalized spacial score (nSPS) is 30.4. The summed E-state index contributed by atoms with van der Waals surface area (Å²) in [7, 11) is 1.73. The van der Waals surface area contributed by atoms with E-state index >= 15 is 0 Å². The lowest BCUT2D eigenvalue weighted by molar-refractivity contribution is -0.137. The molecule has 0 bridgehead atoms. The number of carbonyl (C=O) groups excluding carboxylic acids is 1. The average Bonchev–Trinajstić information content (AvgIpc) is 3.22. The Bertz CT molecular complexity index is 635. The van der Waals surface area contributed by atoms with Gasteiger partial charge in [0.15, 0.2) is 0 Å². The van der Waals surface area contributed by atoms with Gasteiger partial charge >= 0.3 is 0 Å². The minimum Gasteiger partial charge on any atom is -0.496 e. The Labute approximate surface area is 149 Å². The third-order valence-electron chi connectivity index (χ3n) is 6.00. The van der Waals surface area contributed by atoms with E-state index in [2.05, 4.69) is 21.9 Å². The van der Waals surface area contributed by atoms with Gasteiger partial charge in [-0.3, -0.25) is 9.69 Å². The maximum atomic E-state index is 12.1. The lowest BCUT2D eigenvalue weighted by Gasteiger charge is -2.41. The minimum absolute atomic E-state index is 0.0756. The third-order valence-corrected chi connectivity index (χ3v) is 6.00. The van der Waals surface area contributed by atoms with Gasteiger partial charge in [0.1, 0.15) is 5.75 Å². The van der Waals surface area contributed by atoms with Crippen LogP contribution in [0.2, 0.25) is 0 Å². The number of hydrogen-bond acceptors (Lipinski definition) is 4. The summed E-state index contributed by atoms with van der Waals surface area (Å²) in [4.78, 5) is 16.7. The number of amides is 1. The van der Waals surface area contributed by atoms with Crippen LogP contribution >= 0.6 is 0 Å². The lowest BCUT2D eigenvalue weighted by atomic mass is 9.89. The van der Waals surface area contributed by atoms with E-state index in [1.54, 1.807) is 7.11 Å². The van der Waals surface area contributed by atoms with Crippen LogP contribution in [-0.2, 0) is 16.1 Å². The Morgan fingerprint density at radius 2 is 2.20 bits per heavy atom. The van der Waals surface area contributed by atoms with Gasteiger partial charge in [0, 0.05) is 50.8 Å². The Balaban J connectivity index is 1.41. The smallest absolute Gasteiger partial charge is 0.222 e. The van der Waals surface area contributed by atoms with Gasteiger partial charge in [0.05, 0.1) is 12.7 Å². The van der Waals surface area contributed by atoms with Gasteiger partial charge in [-0.05, 0) is 31.7 Å². The maximum absolute atomic E-state index is 12.1. The van der Waals surface area contributed by atoms with E-state index in [9.17, 15) is 4.79 Å². The Kier molecular flexibility index (Phi) is 4.69. The summed E-state index contributed by atoms with van der Waals surface area (Å²) < 4.78 is 11.8. The summed E-state index contributed by atoms with van der Waals surface area (Å²) in [5.74, 6) is 1.29. The number of ether oxygens (including phenoxy) is 2. The van der Waals surface area contributed by atoms with E-state index in [4.69, 9.17) is 9.47 Å². The molecule has 1 spiro atoms. The Morgan fingerprint density at radius 1 is 1.32 bits per heavy atom. The molecule has 0 saturated carbocycles. The summed E-state index contributed by atoms with van der Waals surface area (Å²) in [6.45, 7) is 4.59. The fourth-order valence-electron chi connectivity index (χ4n) is 4.74. The Morgan fingerprint density at radius 3 is 3.00 bits per heavy atom. The van der Waals surface area contributed by atoms with Crippen LogP contribution in [0.5, 0.6) is 5.75 Å². The topological polar surface area (TPSA) is 42.0 Å². The molecule has 0 unspecified atom stereocenters. The summed E-state index contributed by atoms with van der Waals surface area (Å²) >= 11 is 0. The molecule has 1 amide bonds. The number of para-hydroxylation sites is 1. The largest absolute Gasteiger partial charge is 0.496 e. The second-order valence-corrected chi connectivity index (χ2v) is 7.64. The highest BCUT2D eigenvalue weighted by Gasteiger charge is 2.45. The number of rotatable bonds is 4. The van der Waals surface area contributed by atoms with E-state index in [0.717, 1.165) is 70.6 Å². The molecule has 1 aromatic carbocycles. The zero-order valence-corrected chi connectivity index (χ0v) is 15.1. The average molecular weight is 344 g/mol. The first-order chi connectivity index (χ1) is 12.2. The fraction of sp³-hybridized carbons (Fsp3) is 0.650. The molecule has 0 aromatic heterocycles. The first kappa shape index (κ1) is 16.9. The van der Waals surface area contributed by atoms with Crippen LogP contribution in [0.3, 0.4) is 0 Å². The van der Waals surface area contributed by atoms with E-state index in [1.165, 1.54) is 5.56 Å². The van der Waals surface area contributed by atoms with E-state index in [1.807, 2.05) is 12.1 Å². The number of hydrogen-bond donors (Lipinski definition) is 0. The fourth-order valence-corrected chi connectivity index (χ4v) is 4.74. The number of methoxy groups -OCH3 is 1. The van der Waals surface area contributed by atoms with Crippen molar-refractivity contribution in [2.24, 2.45) is 0 Å². The van der Waals surface area contributed by atoms with Crippen LogP contribution in [0.4, 0.5) is 0 Å². The molecular formula is C20H28N2O3. The highest BCUT2D eigenvalue weighted by molar-refractivity contribution is 5.78. The Hall–Kier alpha value is -1.59. The zero-order chi connectivity index (χ0) is 17.3. The molecule has 3 fully saturated rings. The van der Waals surface area contributed by atoms with Crippen molar-refractivity contribution >= 4 is 5.91 Å². The van der Waals surface area contributed by atoms with Gasteiger partial charge in [-0.2, -0.15) is 0 Å². The predicted octanol–water partition coefficient (Wildman–Crippen LogP) is 2.44. The monoisotopic (exact) mass is 344 g/mol. The minimum atomic E-state index is -0.0756. The van der Waals surface area contributed by atoms with E-state index in [0.29, 0.717) is 11.9 Å². The summed E-state index contributed by atoms with van der Waals surface area (Å²) in [5, 5.41) is 0. The van der Waals surface area contributed by atoms with Crippen LogP contribution in [0.15, 0.2) is 24.3 Å². The quantitative estimate of drug-likeness (QED) is 0.841. The molecule has 136 valence electrons. The van der Waals surface area contributed by atoms with Crippen molar-refractivity contribution < 1.29 is 14.3 Å². The lowest BCUT2D eigenvalue weighted by Crippen LogP contribution is -2.50. The third kappa shape index (κ3) is 3.40. The van der Waals surface area contributed by atoms with Crippen LogP contribution in [0, 0.1) is 0 Å². The number of nitrogens with zero attached hydrogens (tertiary/aromatic N) is 2. The molecule has 0 radical (unpaired) electrons. The summed E-state index contributed by atoms with van der Waals surface area (Å²) in [5.41, 5.74) is 1.15. The van der Waals surface area contributed by atoms with Gasteiger partial charge < -0.3 is 14.4 Å². The van der Waals surface area contributed by atoms with Crippen molar-refractivity contribution in [2.45, 2.75) is 50.3 Å². The highest BCUT2D eigenvalue weighted by atomic mass is 16.5. The molecule has 0 N–H and O–H groups in total. The van der Waals surface area contributed by atoms with Crippen LogP contribution in [0.1, 0.15) is 37.7 Å². The molecule has 5 nitrogen and oxygen atoms in total. The summed E-state index contributed by atoms with van der Waals surface area (Å²) in [6.07, 6.45) is 4.77. The molecule has 25 heavy (non-hydrogen) atoms. The van der Waals surface area contributed by atoms with Crippen LogP contribution < -0.4 is 4.74 Å². The van der Waals surface area contributed by atoms with Gasteiger partial charge in [0.25, 0.3) is 0 Å². The summed E-state index contributed by atoms with van der Waals surface area (Å²) in [6, 6.07) is 8.60. The molecule has 0 aliphatic carbocycles. The standard InChI is InChI=1S/C20H28N2O3/c1-24-18-6-3-2-5-16(18)14-21-11-9-20(15-21)13-17(8-12-25-20)22-10-4-7-19(22)23/h2-3,5-6,17H,4,7-15H2,1H3/t17-,20-/m0/s1. The van der Waals surface area contributed by atoms with Crippen molar-refractivity contribution in [2.75, 3.05) is 33.4 Å². The number of benzene rings is 1. The predicted molar refractivity (Wildman–Crippen MR) is 95.5 cm³/mol. The van der Waals surface area contributed by atoms with Crippen molar-refractivity contribution in [3.63, 3.8) is 0 Å². The second-order valence-electron chi connectivity index (χ2n) is 7.64. The molecule has 5 heteroatoms.